The van der Waals surface area contributed by atoms with Crippen LogP contribution in [0.2, 0.25) is 0 Å². The van der Waals surface area contributed by atoms with E-state index in [4.69, 9.17) is 4.74 Å². The van der Waals surface area contributed by atoms with Gasteiger partial charge in [-0.2, -0.15) is 0 Å². The van der Waals surface area contributed by atoms with Gasteiger partial charge in [-0.3, -0.25) is 4.79 Å². The highest BCUT2D eigenvalue weighted by Crippen LogP contribution is 2.28. The lowest BCUT2D eigenvalue weighted by molar-refractivity contribution is 0.0953. The van der Waals surface area contributed by atoms with Crippen molar-refractivity contribution in [1.82, 2.24) is 20.3 Å². The number of fused-ring (bicyclic) bond motifs is 1. The Labute approximate surface area is 192 Å². The van der Waals surface area contributed by atoms with Crippen molar-refractivity contribution in [2.24, 2.45) is 0 Å². The molecule has 0 fully saturated rings. The van der Waals surface area contributed by atoms with E-state index in [-0.39, 0.29) is 5.91 Å². The van der Waals surface area contributed by atoms with Gasteiger partial charge in [0.2, 0.25) is 0 Å². The molecule has 8 nitrogen and oxygen atoms in total. The van der Waals surface area contributed by atoms with E-state index >= 15 is 0 Å². The average molecular weight is 443 g/mol. The molecule has 3 N–H and O–H groups in total. The summed E-state index contributed by atoms with van der Waals surface area (Å²) < 4.78 is 5.71. The molecule has 0 saturated heterocycles. The molecule has 168 valence electrons. The van der Waals surface area contributed by atoms with Crippen molar-refractivity contribution >= 4 is 34.1 Å². The summed E-state index contributed by atoms with van der Waals surface area (Å²) in [7, 11) is 0. The second-order valence-electron chi connectivity index (χ2n) is 7.30. The Balaban J connectivity index is 1.40. The van der Waals surface area contributed by atoms with E-state index < -0.39 is 0 Å². The maximum absolute atomic E-state index is 13.0. The molecule has 2 heterocycles. The van der Waals surface area contributed by atoms with Gasteiger partial charge in [0.15, 0.2) is 0 Å². The minimum Gasteiger partial charge on any atom is -0.493 e. The van der Waals surface area contributed by atoms with Crippen LogP contribution in [0.1, 0.15) is 23.1 Å². The summed E-state index contributed by atoms with van der Waals surface area (Å²) in [6, 6.07) is 19.0. The normalized spacial score (nSPS) is 10.6. The Morgan fingerprint density at radius 1 is 0.939 bits per heavy atom. The first-order valence-corrected chi connectivity index (χ1v) is 10.8. The molecule has 4 rings (SSSR count). The van der Waals surface area contributed by atoms with Crippen molar-refractivity contribution in [3.63, 3.8) is 0 Å². The van der Waals surface area contributed by atoms with Crippen molar-refractivity contribution in [3.05, 3.63) is 78.2 Å². The second-order valence-corrected chi connectivity index (χ2v) is 7.30. The fourth-order valence-corrected chi connectivity index (χ4v) is 3.51. The number of rotatable bonds is 9. The third-order valence-electron chi connectivity index (χ3n) is 4.89. The van der Waals surface area contributed by atoms with Crippen LogP contribution in [-0.2, 0) is 0 Å². The lowest BCUT2D eigenvalue weighted by atomic mass is 10.0. The van der Waals surface area contributed by atoms with Crippen molar-refractivity contribution in [2.45, 2.75) is 13.8 Å². The quantitative estimate of drug-likeness (QED) is 0.332. The highest BCUT2D eigenvalue weighted by atomic mass is 16.5. The predicted octanol–water partition coefficient (Wildman–Crippen LogP) is 4.32. The number of aryl methyl sites for hydroxylation is 1. The topological polar surface area (TPSA) is 101 Å². The van der Waals surface area contributed by atoms with Crippen LogP contribution in [0, 0.1) is 6.92 Å². The van der Waals surface area contributed by atoms with Crippen LogP contribution in [0.5, 0.6) is 5.75 Å². The van der Waals surface area contributed by atoms with Crippen LogP contribution in [0.3, 0.4) is 0 Å². The zero-order valence-corrected chi connectivity index (χ0v) is 18.6. The van der Waals surface area contributed by atoms with Crippen molar-refractivity contribution < 1.29 is 9.53 Å². The highest BCUT2D eigenvalue weighted by Gasteiger charge is 2.16. The number of aromatic nitrogens is 3. The van der Waals surface area contributed by atoms with Crippen molar-refractivity contribution in [1.29, 1.82) is 0 Å². The van der Waals surface area contributed by atoms with Gasteiger partial charge in [0.05, 0.1) is 12.2 Å². The van der Waals surface area contributed by atoms with E-state index in [2.05, 4.69) is 30.9 Å². The number of nitrogens with one attached hydrogen (secondary N) is 3. The molecule has 0 saturated carbocycles. The summed E-state index contributed by atoms with van der Waals surface area (Å²) in [6.45, 7) is 5.13. The minimum atomic E-state index is -0.173. The van der Waals surface area contributed by atoms with Crippen LogP contribution in [0.25, 0.3) is 10.8 Å². The minimum absolute atomic E-state index is 0.173. The van der Waals surface area contributed by atoms with Gasteiger partial charge in [0.1, 0.15) is 29.0 Å². The van der Waals surface area contributed by atoms with Crippen LogP contribution >= 0.6 is 0 Å². The Kier molecular flexibility index (Phi) is 6.94. The van der Waals surface area contributed by atoms with Crippen molar-refractivity contribution in [2.75, 3.05) is 30.3 Å². The second kappa shape index (κ2) is 10.4. The van der Waals surface area contributed by atoms with Crippen LogP contribution in [-0.4, -0.2) is 40.6 Å². The molecule has 0 unspecified atom stereocenters. The van der Waals surface area contributed by atoms with E-state index in [0.29, 0.717) is 54.3 Å². The summed E-state index contributed by atoms with van der Waals surface area (Å²) in [5.41, 5.74) is 0.551. The predicted molar refractivity (Wildman–Crippen MR) is 130 cm³/mol. The van der Waals surface area contributed by atoms with E-state index in [9.17, 15) is 4.79 Å². The molecule has 8 heteroatoms. The van der Waals surface area contributed by atoms with Gasteiger partial charge in [0.25, 0.3) is 5.91 Å². The van der Waals surface area contributed by atoms with Gasteiger partial charge in [-0.1, -0.05) is 36.4 Å². The lowest BCUT2D eigenvalue weighted by Gasteiger charge is -2.14. The third-order valence-corrected chi connectivity index (χ3v) is 4.89. The number of nitrogens with zero attached hydrogens (tertiary/aromatic N) is 3. The van der Waals surface area contributed by atoms with Crippen LogP contribution in [0.4, 0.5) is 17.5 Å². The van der Waals surface area contributed by atoms with Crippen molar-refractivity contribution in [3.8, 4) is 5.75 Å². The molecule has 33 heavy (non-hydrogen) atoms. The first kappa shape index (κ1) is 22.0. The maximum atomic E-state index is 13.0. The molecule has 0 aliphatic heterocycles. The fraction of sp³-hybridized carbons (Fsp3) is 0.200. The van der Waals surface area contributed by atoms with E-state index in [1.54, 1.807) is 12.3 Å². The number of benzene rings is 2. The molecule has 0 bridgehead atoms. The Hall–Kier alpha value is -4.20. The molecule has 0 aliphatic carbocycles. The van der Waals surface area contributed by atoms with Gasteiger partial charge >= 0.3 is 0 Å². The summed E-state index contributed by atoms with van der Waals surface area (Å²) in [4.78, 5) is 26.1. The number of amides is 1. The Morgan fingerprint density at radius 3 is 2.58 bits per heavy atom. The monoisotopic (exact) mass is 442 g/mol. The number of carbonyl (C=O) groups excluding carboxylic acids is 1. The van der Waals surface area contributed by atoms with Gasteiger partial charge in [-0.25, -0.2) is 15.0 Å². The molecule has 2 aromatic heterocycles. The molecule has 2 aromatic carbocycles. The first-order chi connectivity index (χ1) is 16.1. The summed E-state index contributed by atoms with van der Waals surface area (Å²) in [5.74, 6) is 3.04. The average Bonchev–Trinajstić information content (AvgIpc) is 2.82. The first-order valence-electron chi connectivity index (χ1n) is 10.8. The summed E-state index contributed by atoms with van der Waals surface area (Å²) in [6.07, 6.45) is 1.71. The highest BCUT2D eigenvalue weighted by molar-refractivity contribution is 6.09. The molecular formula is C25H26N6O2. The van der Waals surface area contributed by atoms with Gasteiger partial charge in [-0.05, 0) is 42.8 Å². The molecule has 1 amide bonds. The van der Waals surface area contributed by atoms with E-state index in [1.165, 1.54) is 0 Å². The number of carbonyl (C=O) groups is 1. The Morgan fingerprint density at radius 2 is 1.76 bits per heavy atom. The van der Waals surface area contributed by atoms with Gasteiger partial charge < -0.3 is 20.7 Å². The largest absolute Gasteiger partial charge is 0.493 e. The maximum Gasteiger partial charge on any atom is 0.255 e. The zero-order chi connectivity index (χ0) is 23.0. The lowest BCUT2D eigenvalue weighted by Crippen LogP contribution is -2.29. The van der Waals surface area contributed by atoms with Crippen LogP contribution in [0.15, 0.2) is 66.9 Å². The van der Waals surface area contributed by atoms with E-state index in [0.717, 1.165) is 10.8 Å². The van der Waals surface area contributed by atoms with Gasteiger partial charge in [0, 0.05) is 25.4 Å². The SMILES string of the molecule is CCOc1ccc2ccccc2c1C(=O)NCCNc1cc(Nc2ccccn2)nc(C)n1. The van der Waals surface area contributed by atoms with Crippen LogP contribution < -0.4 is 20.7 Å². The molecule has 0 aliphatic rings. The Bertz CT molecular complexity index is 1250. The third kappa shape index (κ3) is 5.54. The summed E-state index contributed by atoms with van der Waals surface area (Å²) >= 11 is 0. The number of anilines is 3. The number of hydrogen-bond acceptors (Lipinski definition) is 7. The van der Waals surface area contributed by atoms with E-state index in [1.807, 2.05) is 68.4 Å². The molecule has 0 atom stereocenters. The molecule has 4 aromatic rings. The number of pyridine rings is 1. The van der Waals surface area contributed by atoms with Gasteiger partial charge in [-0.15, -0.1) is 0 Å². The molecule has 0 spiro atoms. The number of ether oxygens (including phenoxy) is 1. The molecular weight excluding hydrogens is 416 g/mol. The fourth-order valence-electron chi connectivity index (χ4n) is 3.51. The number of hydrogen-bond donors (Lipinski definition) is 3. The zero-order valence-electron chi connectivity index (χ0n) is 18.6. The standard InChI is InChI=1S/C25H26N6O2/c1-3-33-20-12-11-18-8-4-5-9-19(18)24(20)25(32)28-15-14-27-22-16-23(30-17(2)29-22)31-21-10-6-7-13-26-21/h4-13,16H,3,14-15H2,1-2H3,(H,28,32)(H2,26,27,29,30,31). The summed E-state index contributed by atoms with van der Waals surface area (Å²) in [5, 5.41) is 11.2. The smallest absolute Gasteiger partial charge is 0.255 e. The molecule has 0 radical (unpaired) electrons.